The van der Waals surface area contributed by atoms with Gasteiger partial charge in [-0.05, 0) is 49.9 Å². The van der Waals surface area contributed by atoms with E-state index in [4.69, 9.17) is 0 Å². The van der Waals surface area contributed by atoms with E-state index in [1.54, 1.807) is 0 Å². The molecule has 26 heavy (non-hydrogen) atoms. The van der Waals surface area contributed by atoms with Crippen LogP contribution in [0.3, 0.4) is 0 Å². The molecule has 0 fully saturated rings. The monoisotopic (exact) mass is 374 g/mol. The largest absolute Gasteiger partial charge is 0.326 e. The first-order valence-electron chi connectivity index (χ1n) is 8.51. The van der Waals surface area contributed by atoms with Crippen LogP contribution in [0.1, 0.15) is 28.7 Å². The van der Waals surface area contributed by atoms with Gasteiger partial charge in [-0.25, -0.2) is 8.42 Å². The number of nitrogens with one attached hydrogen (secondary N) is 1. The van der Waals surface area contributed by atoms with E-state index in [1.165, 1.54) is 10.6 Å². The van der Waals surface area contributed by atoms with E-state index < -0.39 is 10.0 Å². The lowest BCUT2D eigenvalue weighted by atomic mass is 10.1. The molecule has 6 heteroatoms. The van der Waals surface area contributed by atoms with Crippen LogP contribution in [0.2, 0.25) is 0 Å². The van der Waals surface area contributed by atoms with Crippen LogP contribution in [0.4, 0.5) is 11.4 Å². The molecule has 1 amide bonds. The van der Waals surface area contributed by atoms with Crippen molar-refractivity contribution in [3.8, 4) is 0 Å². The van der Waals surface area contributed by atoms with Crippen molar-refractivity contribution < 1.29 is 13.2 Å². The minimum absolute atomic E-state index is 0.0780. The van der Waals surface area contributed by atoms with Crippen molar-refractivity contribution in [2.24, 2.45) is 0 Å². The molecular formula is C20H26N2O3S. The van der Waals surface area contributed by atoms with Crippen molar-refractivity contribution in [3.63, 3.8) is 0 Å². The fourth-order valence-corrected chi connectivity index (χ4v) is 4.10. The third-order valence-electron chi connectivity index (χ3n) is 4.38. The summed E-state index contributed by atoms with van der Waals surface area (Å²) in [6.45, 7) is 7.71. The Kier molecular flexibility index (Phi) is 6.08. The highest BCUT2D eigenvalue weighted by atomic mass is 32.2. The Morgan fingerprint density at radius 3 is 1.85 bits per heavy atom. The van der Waals surface area contributed by atoms with Gasteiger partial charge in [0.25, 0.3) is 0 Å². The maximum absolute atomic E-state index is 12.4. The predicted octanol–water partition coefficient (Wildman–Crippen LogP) is 3.72. The number of nitrogens with zero attached hydrogens (tertiary/aromatic N) is 1. The number of anilines is 2. The van der Waals surface area contributed by atoms with Crippen LogP contribution >= 0.6 is 0 Å². The van der Waals surface area contributed by atoms with E-state index >= 15 is 0 Å². The van der Waals surface area contributed by atoms with Gasteiger partial charge in [-0.1, -0.05) is 36.4 Å². The Morgan fingerprint density at radius 1 is 0.923 bits per heavy atom. The zero-order valence-electron chi connectivity index (χ0n) is 16.0. The van der Waals surface area contributed by atoms with E-state index in [1.807, 2.05) is 64.1 Å². The topological polar surface area (TPSA) is 66.5 Å². The molecule has 0 aliphatic carbocycles. The minimum atomic E-state index is -3.49. The van der Waals surface area contributed by atoms with E-state index in [-0.39, 0.29) is 18.9 Å². The third kappa shape index (κ3) is 4.64. The van der Waals surface area contributed by atoms with Crippen molar-refractivity contribution in [2.75, 3.05) is 22.4 Å². The molecule has 5 nitrogen and oxygen atoms in total. The summed E-state index contributed by atoms with van der Waals surface area (Å²) >= 11 is 0. The van der Waals surface area contributed by atoms with Crippen molar-refractivity contribution in [1.29, 1.82) is 0 Å². The van der Waals surface area contributed by atoms with Gasteiger partial charge in [0.2, 0.25) is 15.9 Å². The molecular weight excluding hydrogens is 348 g/mol. The van der Waals surface area contributed by atoms with Gasteiger partial charge in [-0.2, -0.15) is 0 Å². The van der Waals surface area contributed by atoms with E-state index in [0.717, 1.165) is 27.9 Å². The number of hydrogen-bond acceptors (Lipinski definition) is 3. The average molecular weight is 375 g/mol. The zero-order valence-corrected chi connectivity index (χ0v) is 16.8. The number of sulfonamides is 1. The smallest absolute Gasteiger partial charge is 0.232 e. The zero-order chi connectivity index (χ0) is 19.5. The predicted molar refractivity (Wildman–Crippen MR) is 107 cm³/mol. The first-order chi connectivity index (χ1) is 12.1. The third-order valence-corrected chi connectivity index (χ3v) is 5.54. The van der Waals surface area contributed by atoms with Gasteiger partial charge in [0, 0.05) is 18.7 Å². The minimum Gasteiger partial charge on any atom is -0.326 e. The first kappa shape index (κ1) is 20.0. The number of aryl methyl sites for hydroxylation is 4. The number of amides is 1. The standard InChI is InChI=1S/C20H26N2O3S/c1-14-8-6-9-15(2)19(14)21-18(23)12-13-22(26(5,24)25)20-16(3)10-7-11-17(20)4/h6-11H,12-13H2,1-5H3,(H,21,23). The highest BCUT2D eigenvalue weighted by Crippen LogP contribution is 2.27. The summed E-state index contributed by atoms with van der Waals surface area (Å²) in [6, 6.07) is 11.4. The number of carbonyl (C=O) groups excluding carboxylic acids is 1. The lowest BCUT2D eigenvalue weighted by Crippen LogP contribution is -2.34. The number of benzene rings is 2. The second-order valence-electron chi connectivity index (χ2n) is 6.64. The fourth-order valence-electron chi connectivity index (χ4n) is 3.06. The normalized spacial score (nSPS) is 11.3. The second-order valence-corrected chi connectivity index (χ2v) is 8.55. The summed E-state index contributed by atoms with van der Waals surface area (Å²) in [4.78, 5) is 12.4. The maximum atomic E-state index is 12.4. The van der Waals surface area contributed by atoms with Gasteiger partial charge >= 0.3 is 0 Å². The molecule has 2 rings (SSSR count). The summed E-state index contributed by atoms with van der Waals surface area (Å²) in [5.41, 5.74) is 5.13. The Balaban J connectivity index is 2.20. The van der Waals surface area contributed by atoms with Gasteiger partial charge in [-0.3, -0.25) is 9.10 Å². The Morgan fingerprint density at radius 2 is 1.38 bits per heavy atom. The average Bonchev–Trinajstić information content (AvgIpc) is 2.52. The molecule has 0 atom stereocenters. The Hall–Kier alpha value is -2.34. The van der Waals surface area contributed by atoms with E-state index in [9.17, 15) is 13.2 Å². The summed E-state index contributed by atoms with van der Waals surface area (Å²) in [6.07, 6.45) is 1.25. The highest BCUT2D eigenvalue weighted by Gasteiger charge is 2.22. The van der Waals surface area contributed by atoms with Gasteiger partial charge in [0.05, 0.1) is 11.9 Å². The molecule has 140 valence electrons. The highest BCUT2D eigenvalue weighted by molar-refractivity contribution is 7.92. The SMILES string of the molecule is Cc1cccc(C)c1NC(=O)CCN(c1c(C)cccc1C)S(C)(=O)=O. The van der Waals surface area contributed by atoms with Crippen LogP contribution in [0.5, 0.6) is 0 Å². The van der Waals surface area contributed by atoms with Crippen LogP contribution in [-0.4, -0.2) is 27.1 Å². The molecule has 0 radical (unpaired) electrons. The van der Waals surface area contributed by atoms with Crippen LogP contribution in [0.25, 0.3) is 0 Å². The molecule has 0 aliphatic rings. The Bertz CT molecular complexity index is 880. The molecule has 0 spiro atoms. The number of hydrogen-bond donors (Lipinski definition) is 1. The molecule has 0 saturated carbocycles. The lowest BCUT2D eigenvalue weighted by Gasteiger charge is -2.26. The molecule has 0 aromatic heterocycles. The van der Waals surface area contributed by atoms with Crippen molar-refractivity contribution in [3.05, 3.63) is 58.7 Å². The number of rotatable bonds is 6. The van der Waals surface area contributed by atoms with Crippen LogP contribution < -0.4 is 9.62 Å². The van der Waals surface area contributed by atoms with E-state index in [0.29, 0.717) is 5.69 Å². The van der Waals surface area contributed by atoms with Crippen LogP contribution in [0, 0.1) is 27.7 Å². The summed E-state index contributed by atoms with van der Waals surface area (Å²) in [5, 5.41) is 2.91. The van der Waals surface area contributed by atoms with Gasteiger partial charge in [0.15, 0.2) is 0 Å². The van der Waals surface area contributed by atoms with Crippen LogP contribution in [0.15, 0.2) is 36.4 Å². The molecule has 1 N–H and O–H groups in total. The number of carbonyl (C=O) groups is 1. The molecule has 0 aliphatic heterocycles. The van der Waals surface area contributed by atoms with Gasteiger partial charge in [0.1, 0.15) is 0 Å². The molecule has 2 aromatic rings. The molecule has 0 bridgehead atoms. The van der Waals surface area contributed by atoms with Crippen LogP contribution in [-0.2, 0) is 14.8 Å². The molecule has 2 aromatic carbocycles. The van der Waals surface area contributed by atoms with Gasteiger partial charge < -0.3 is 5.32 Å². The quantitative estimate of drug-likeness (QED) is 0.838. The fraction of sp³-hybridized carbons (Fsp3) is 0.350. The second kappa shape index (κ2) is 7.91. The van der Waals surface area contributed by atoms with E-state index in [2.05, 4.69) is 5.32 Å². The number of para-hydroxylation sites is 2. The Labute approximate surface area is 156 Å². The molecule has 0 heterocycles. The van der Waals surface area contributed by atoms with Gasteiger partial charge in [-0.15, -0.1) is 0 Å². The summed E-state index contributed by atoms with van der Waals surface area (Å²) in [7, 11) is -3.49. The van der Waals surface area contributed by atoms with Crippen molar-refractivity contribution >= 4 is 27.3 Å². The van der Waals surface area contributed by atoms with Crippen molar-refractivity contribution in [1.82, 2.24) is 0 Å². The molecule has 0 unspecified atom stereocenters. The molecule has 0 saturated heterocycles. The summed E-state index contributed by atoms with van der Waals surface area (Å²) in [5.74, 6) is -0.206. The lowest BCUT2D eigenvalue weighted by molar-refractivity contribution is -0.116. The maximum Gasteiger partial charge on any atom is 0.232 e. The van der Waals surface area contributed by atoms with Crippen molar-refractivity contribution in [2.45, 2.75) is 34.1 Å². The summed E-state index contributed by atoms with van der Waals surface area (Å²) < 4.78 is 25.9. The first-order valence-corrected chi connectivity index (χ1v) is 10.4.